The molecular weight excluding hydrogens is 96.1 g/mol. The van der Waals surface area contributed by atoms with Crippen molar-refractivity contribution in [3.63, 3.8) is 0 Å². The van der Waals surface area contributed by atoms with Crippen molar-refractivity contribution in [3.8, 4) is 0 Å². The van der Waals surface area contributed by atoms with Gasteiger partial charge in [0, 0.05) is 0 Å². The first-order chi connectivity index (χ1) is 3.91. The molecule has 0 aliphatic heterocycles. The standard InChI is InChI=1S/C8H12/c1-2-4-8(5-3-1)6-7-8/h2,4H,1,3,5-7H2. The van der Waals surface area contributed by atoms with Crippen LogP contribution in [0.3, 0.4) is 0 Å². The summed E-state index contributed by atoms with van der Waals surface area (Å²) < 4.78 is 0. The molecule has 0 unspecified atom stereocenters. The molecule has 0 aromatic heterocycles. The number of rotatable bonds is 0. The van der Waals surface area contributed by atoms with Crippen LogP contribution in [0.15, 0.2) is 12.2 Å². The maximum Gasteiger partial charge on any atom is -0.0117 e. The fourth-order valence-electron chi connectivity index (χ4n) is 1.57. The second-order valence-corrected chi connectivity index (χ2v) is 3.16. The smallest absolute Gasteiger partial charge is 0.0117 e. The van der Waals surface area contributed by atoms with Gasteiger partial charge in [0.1, 0.15) is 0 Å². The molecule has 0 amide bonds. The Kier molecular flexibility index (Phi) is 0.787. The average molecular weight is 108 g/mol. The Morgan fingerprint density at radius 3 is 2.38 bits per heavy atom. The van der Waals surface area contributed by atoms with Crippen molar-refractivity contribution in [2.75, 3.05) is 0 Å². The Labute approximate surface area is 50.6 Å². The van der Waals surface area contributed by atoms with Gasteiger partial charge in [0.15, 0.2) is 0 Å². The Bertz CT molecular complexity index is 118. The molecule has 1 saturated carbocycles. The molecule has 0 aromatic rings. The lowest BCUT2D eigenvalue weighted by molar-refractivity contribution is 0.530. The van der Waals surface area contributed by atoms with Gasteiger partial charge in [-0.15, -0.1) is 0 Å². The summed E-state index contributed by atoms with van der Waals surface area (Å²) in [4.78, 5) is 0. The molecule has 0 heteroatoms. The third-order valence-corrected chi connectivity index (χ3v) is 2.41. The lowest BCUT2D eigenvalue weighted by Gasteiger charge is -2.12. The topological polar surface area (TPSA) is 0 Å². The van der Waals surface area contributed by atoms with Gasteiger partial charge in [0.2, 0.25) is 0 Å². The van der Waals surface area contributed by atoms with E-state index in [1.807, 2.05) is 0 Å². The SMILES string of the molecule is C1=CC2(CCC1)CC2. The predicted octanol–water partition coefficient (Wildman–Crippen LogP) is 2.51. The lowest BCUT2D eigenvalue weighted by atomic mass is 9.93. The summed E-state index contributed by atoms with van der Waals surface area (Å²) >= 11 is 0. The highest BCUT2D eigenvalue weighted by Crippen LogP contribution is 2.52. The molecule has 0 heterocycles. The summed E-state index contributed by atoms with van der Waals surface area (Å²) in [5.41, 5.74) is 0.748. The zero-order chi connectivity index (χ0) is 5.45. The fraction of sp³-hybridized carbons (Fsp3) is 0.750. The molecule has 8 heavy (non-hydrogen) atoms. The minimum Gasteiger partial charge on any atom is -0.0880 e. The minimum atomic E-state index is 0.748. The van der Waals surface area contributed by atoms with Gasteiger partial charge in [-0.2, -0.15) is 0 Å². The molecule has 2 aliphatic rings. The minimum absolute atomic E-state index is 0.748. The second-order valence-electron chi connectivity index (χ2n) is 3.16. The van der Waals surface area contributed by atoms with Crippen LogP contribution in [0.2, 0.25) is 0 Å². The number of hydrogen-bond donors (Lipinski definition) is 0. The van der Waals surface area contributed by atoms with Gasteiger partial charge >= 0.3 is 0 Å². The Hall–Kier alpha value is -0.260. The lowest BCUT2D eigenvalue weighted by Crippen LogP contribution is -1.98. The summed E-state index contributed by atoms with van der Waals surface area (Å²) in [6, 6.07) is 0. The third-order valence-electron chi connectivity index (χ3n) is 2.41. The summed E-state index contributed by atoms with van der Waals surface area (Å²) in [5.74, 6) is 0. The van der Waals surface area contributed by atoms with E-state index in [1.54, 1.807) is 0 Å². The van der Waals surface area contributed by atoms with Crippen molar-refractivity contribution in [2.45, 2.75) is 32.1 Å². The molecule has 2 aliphatic carbocycles. The van der Waals surface area contributed by atoms with Gasteiger partial charge < -0.3 is 0 Å². The van der Waals surface area contributed by atoms with Crippen LogP contribution in [-0.2, 0) is 0 Å². The molecule has 0 atom stereocenters. The van der Waals surface area contributed by atoms with E-state index in [4.69, 9.17) is 0 Å². The zero-order valence-corrected chi connectivity index (χ0v) is 5.19. The van der Waals surface area contributed by atoms with E-state index >= 15 is 0 Å². The van der Waals surface area contributed by atoms with E-state index in [9.17, 15) is 0 Å². The van der Waals surface area contributed by atoms with Crippen LogP contribution in [-0.4, -0.2) is 0 Å². The molecule has 1 spiro atoms. The van der Waals surface area contributed by atoms with Gasteiger partial charge in [0.05, 0.1) is 0 Å². The zero-order valence-electron chi connectivity index (χ0n) is 5.19. The van der Waals surface area contributed by atoms with Crippen molar-refractivity contribution in [1.82, 2.24) is 0 Å². The molecule has 0 bridgehead atoms. The first-order valence-electron chi connectivity index (χ1n) is 3.59. The van der Waals surface area contributed by atoms with Crippen LogP contribution in [0.5, 0.6) is 0 Å². The highest BCUT2D eigenvalue weighted by atomic mass is 14.4. The van der Waals surface area contributed by atoms with Crippen molar-refractivity contribution in [2.24, 2.45) is 5.41 Å². The molecule has 44 valence electrons. The van der Waals surface area contributed by atoms with Crippen molar-refractivity contribution in [1.29, 1.82) is 0 Å². The van der Waals surface area contributed by atoms with Crippen LogP contribution in [0.4, 0.5) is 0 Å². The Morgan fingerprint density at radius 1 is 1.12 bits per heavy atom. The average Bonchev–Trinajstić information content (AvgIpc) is 2.52. The van der Waals surface area contributed by atoms with Crippen LogP contribution < -0.4 is 0 Å². The van der Waals surface area contributed by atoms with Crippen molar-refractivity contribution in [3.05, 3.63) is 12.2 Å². The van der Waals surface area contributed by atoms with Gasteiger partial charge in [-0.3, -0.25) is 0 Å². The molecular formula is C8H12. The van der Waals surface area contributed by atoms with Gasteiger partial charge in [-0.1, -0.05) is 12.2 Å². The molecule has 0 saturated heterocycles. The number of hydrogen-bond acceptors (Lipinski definition) is 0. The van der Waals surface area contributed by atoms with Crippen molar-refractivity contribution < 1.29 is 0 Å². The summed E-state index contributed by atoms with van der Waals surface area (Å²) in [7, 11) is 0. The van der Waals surface area contributed by atoms with E-state index in [0.29, 0.717) is 0 Å². The van der Waals surface area contributed by atoms with Gasteiger partial charge in [0.25, 0.3) is 0 Å². The van der Waals surface area contributed by atoms with E-state index in [0.717, 1.165) is 5.41 Å². The van der Waals surface area contributed by atoms with Crippen molar-refractivity contribution >= 4 is 0 Å². The van der Waals surface area contributed by atoms with Crippen LogP contribution in [0, 0.1) is 5.41 Å². The van der Waals surface area contributed by atoms with E-state index in [2.05, 4.69) is 12.2 Å². The highest BCUT2D eigenvalue weighted by Gasteiger charge is 2.39. The molecule has 0 N–H and O–H groups in total. The van der Waals surface area contributed by atoms with E-state index in [1.165, 1.54) is 32.1 Å². The molecule has 0 nitrogen and oxygen atoms in total. The van der Waals surface area contributed by atoms with Gasteiger partial charge in [-0.05, 0) is 37.5 Å². The molecule has 0 radical (unpaired) electrons. The van der Waals surface area contributed by atoms with E-state index in [-0.39, 0.29) is 0 Å². The summed E-state index contributed by atoms with van der Waals surface area (Å²) in [6.45, 7) is 0. The van der Waals surface area contributed by atoms with Gasteiger partial charge in [-0.25, -0.2) is 0 Å². The quantitative estimate of drug-likeness (QED) is 0.418. The summed E-state index contributed by atoms with van der Waals surface area (Å²) in [5, 5.41) is 0. The second kappa shape index (κ2) is 1.37. The first-order valence-corrected chi connectivity index (χ1v) is 3.59. The Balaban J connectivity index is 2.13. The highest BCUT2D eigenvalue weighted by molar-refractivity contribution is 5.11. The maximum absolute atomic E-state index is 2.44. The monoisotopic (exact) mass is 108 g/mol. The van der Waals surface area contributed by atoms with E-state index < -0.39 is 0 Å². The molecule has 0 aromatic carbocycles. The number of allylic oxidation sites excluding steroid dienone is 2. The first kappa shape index (κ1) is 4.60. The predicted molar refractivity (Wildman–Crippen MR) is 34.7 cm³/mol. The van der Waals surface area contributed by atoms with Crippen LogP contribution in [0.1, 0.15) is 32.1 Å². The Morgan fingerprint density at radius 2 is 2.00 bits per heavy atom. The largest absolute Gasteiger partial charge is 0.0880 e. The fourth-order valence-corrected chi connectivity index (χ4v) is 1.57. The maximum atomic E-state index is 2.44. The summed E-state index contributed by atoms with van der Waals surface area (Å²) in [6.07, 6.45) is 12.0. The molecule has 2 rings (SSSR count). The third kappa shape index (κ3) is 0.594. The molecule has 1 fully saturated rings. The van der Waals surface area contributed by atoms with Crippen LogP contribution in [0.25, 0.3) is 0 Å². The van der Waals surface area contributed by atoms with Crippen LogP contribution >= 0.6 is 0 Å². The normalized spacial score (nSPS) is 31.0.